The molecule has 2 rings (SSSR count). The number of esters is 1. The molecule has 2 aromatic rings. The number of hydrogen-bond donors (Lipinski definition) is 1. The predicted octanol–water partition coefficient (Wildman–Crippen LogP) is 1.75. The summed E-state index contributed by atoms with van der Waals surface area (Å²) in [6.45, 7) is 0. The van der Waals surface area contributed by atoms with Crippen molar-refractivity contribution in [1.29, 1.82) is 0 Å². The highest BCUT2D eigenvalue weighted by Crippen LogP contribution is 2.13. The monoisotopic (exact) mass is 174 g/mol. The van der Waals surface area contributed by atoms with Crippen LogP contribution in [0.1, 0.15) is 10.4 Å². The third-order valence-electron chi connectivity index (χ3n) is 1.90. The molecule has 1 heterocycles. The molecule has 0 saturated carbocycles. The summed E-state index contributed by atoms with van der Waals surface area (Å²) in [7, 11) is 1.37. The zero-order valence-corrected chi connectivity index (χ0v) is 7.13. The number of H-pyrrole nitrogens is 1. The molecular formula is C10H8NO2. The Morgan fingerprint density at radius 1 is 1.54 bits per heavy atom. The number of fused-ring (bicyclic) bond motifs is 1. The number of carbonyl (C=O) groups excluding carboxylic acids is 1. The van der Waals surface area contributed by atoms with Gasteiger partial charge in [-0.3, -0.25) is 0 Å². The topological polar surface area (TPSA) is 42.1 Å². The standard InChI is InChI=1S/C10H8NO2/c1-13-10(12)8-2-3-9-7(6-8)4-5-11-9/h2-3,5-6,11H,1H3. The first-order valence-corrected chi connectivity index (χ1v) is 3.88. The molecule has 3 nitrogen and oxygen atoms in total. The number of benzene rings is 1. The van der Waals surface area contributed by atoms with Crippen molar-refractivity contribution in [3.63, 3.8) is 0 Å². The number of ether oxygens (including phenoxy) is 1. The van der Waals surface area contributed by atoms with Gasteiger partial charge in [-0.05, 0) is 18.2 Å². The predicted molar refractivity (Wildman–Crippen MR) is 48.5 cm³/mol. The first-order valence-electron chi connectivity index (χ1n) is 3.88. The average Bonchev–Trinajstić information content (AvgIpc) is 2.63. The van der Waals surface area contributed by atoms with Crippen molar-refractivity contribution in [2.45, 2.75) is 0 Å². The Balaban J connectivity index is 2.54. The van der Waals surface area contributed by atoms with Crippen LogP contribution in [0.25, 0.3) is 10.9 Å². The van der Waals surface area contributed by atoms with Crippen LogP contribution in [0, 0.1) is 6.07 Å². The molecule has 13 heavy (non-hydrogen) atoms. The molecule has 0 aliphatic rings. The van der Waals surface area contributed by atoms with Crippen LogP contribution in [0.2, 0.25) is 0 Å². The van der Waals surface area contributed by atoms with Gasteiger partial charge in [0, 0.05) is 23.2 Å². The van der Waals surface area contributed by atoms with Crippen molar-refractivity contribution in [1.82, 2.24) is 4.98 Å². The van der Waals surface area contributed by atoms with Crippen molar-refractivity contribution in [3.8, 4) is 0 Å². The lowest BCUT2D eigenvalue weighted by atomic mass is 10.1. The zero-order chi connectivity index (χ0) is 9.26. The van der Waals surface area contributed by atoms with Gasteiger partial charge in [-0.15, -0.1) is 0 Å². The Morgan fingerprint density at radius 3 is 3.15 bits per heavy atom. The van der Waals surface area contributed by atoms with Crippen LogP contribution in [0.3, 0.4) is 0 Å². The van der Waals surface area contributed by atoms with Crippen LogP contribution in [0.4, 0.5) is 0 Å². The van der Waals surface area contributed by atoms with Crippen molar-refractivity contribution >= 4 is 16.9 Å². The smallest absolute Gasteiger partial charge is 0.337 e. The molecule has 0 spiro atoms. The Labute approximate surface area is 75.3 Å². The molecule has 1 aromatic heterocycles. The summed E-state index contributed by atoms with van der Waals surface area (Å²) in [5, 5.41) is 0.892. The van der Waals surface area contributed by atoms with Gasteiger partial charge < -0.3 is 9.72 Å². The van der Waals surface area contributed by atoms with Gasteiger partial charge >= 0.3 is 5.97 Å². The molecule has 0 fully saturated rings. The zero-order valence-electron chi connectivity index (χ0n) is 7.13. The fourth-order valence-electron chi connectivity index (χ4n) is 1.23. The van der Waals surface area contributed by atoms with E-state index in [4.69, 9.17) is 0 Å². The summed E-state index contributed by atoms with van der Waals surface area (Å²) in [6, 6.07) is 8.28. The second-order valence-electron chi connectivity index (χ2n) is 2.68. The Morgan fingerprint density at radius 2 is 2.38 bits per heavy atom. The van der Waals surface area contributed by atoms with Gasteiger partial charge in [-0.1, -0.05) is 0 Å². The summed E-state index contributed by atoms with van der Waals surface area (Å²) < 4.78 is 4.60. The molecule has 1 aromatic carbocycles. The van der Waals surface area contributed by atoms with E-state index in [1.807, 2.05) is 6.07 Å². The van der Waals surface area contributed by atoms with Gasteiger partial charge in [0.2, 0.25) is 0 Å². The van der Waals surface area contributed by atoms with E-state index < -0.39 is 0 Å². The fraction of sp³-hybridized carbons (Fsp3) is 0.100. The quantitative estimate of drug-likeness (QED) is 0.669. The minimum atomic E-state index is -0.323. The van der Waals surface area contributed by atoms with E-state index in [1.165, 1.54) is 7.11 Å². The maximum atomic E-state index is 11.1. The molecular weight excluding hydrogens is 166 g/mol. The molecule has 0 saturated heterocycles. The van der Waals surface area contributed by atoms with Crippen LogP contribution < -0.4 is 0 Å². The van der Waals surface area contributed by atoms with Gasteiger partial charge in [0.05, 0.1) is 12.7 Å². The molecule has 65 valence electrons. The molecule has 3 heteroatoms. The maximum absolute atomic E-state index is 11.1. The van der Waals surface area contributed by atoms with Crippen LogP contribution in [-0.4, -0.2) is 18.1 Å². The van der Waals surface area contributed by atoms with E-state index in [1.54, 1.807) is 18.3 Å². The summed E-state index contributed by atoms with van der Waals surface area (Å²) in [4.78, 5) is 14.1. The average molecular weight is 174 g/mol. The summed E-state index contributed by atoms with van der Waals surface area (Å²) in [6.07, 6.45) is 1.71. The normalized spacial score (nSPS) is 10.2. The lowest BCUT2D eigenvalue weighted by Gasteiger charge is -1.97. The van der Waals surface area contributed by atoms with Crippen molar-refractivity contribution < 1.29 is 9.53 Å². The van der Waals surface area contributed by atoms with Crippen molar-refractivity contribution in [2.75, 3.05) is 7.11 Å². The van der Waals surface area contributed by atoms with Crippen LogP contribution in [0.5, 0.6) is 0 Å². The van der Waals surface area contributed by atoms with Crippen LogP contribution in [-0.2, 0) is 4.74 Å². The van der Waals surface area contributed by atoms with E-state index >= 15 is 0 Å². The molecule has 1 radical (unpaired) electrons. The van der Waals surface area contributed by atoms with E-state index in [9.17, 15) is 4.79 Å². The summed E-state index contributed by atoms with van der Waals surface area (Å²) >= 11 is 0. The molecule has 1 N–H and O–H groups in total. The second-order valence-corrected chi connectivity index (χ2v) is 2.68. The first-order chi connectivity index (χ1) is 6.31. The molecule has 0 bridgehead atoms. The Hall–Kier alpha value is -1.77. The van der Waals surface area contributed by atoms with Gasteiger partial charge in [-0.2, -0.15) is 0 Å². The lowest BCUT2D eigenvalue weighted by molar-refractivity contribution is 0.0601. The summed E-state index contributed by atoms with van der Waals surface area (Å²) in [5.41, 5.74) is 1.51. The van der Waals surface area contributed by atoms with E-state index in [0.29, 0.717) is 5.56 Å². The van der Waals surface area contributed by atoms with Crippen molar-refractivity contribution in [2.24, 2.45) is 0 Å². The van der Waals surface area contributed by atoms with Crippen LogP contribution >= 0.6 is 0 Å². The molecule has 0 unspecified atom stereocenters. The molecule has 0 aliphatic heterocycles. The number of hydrogen-bond acceptors (Lipinski definition) is 2. The highest BCUT2D eigenvalue weighted by atomic mass is 16.5. The minimum Gasteiger partial charge on any atom is -0.465 e. The number of aromatic amines is 1. The molecule has 0 aliphatic carbocycles. The number of rotatable bonds is 1. The van der Waals surface area contributed by atoms with Gasteiger partial charge in [0.25, 0.3) is 0 Å². The third kappa shape index (κ3) is 1.28. The van der Waals surface area contributed by atoms with Gasteiger partial charge in [0.1, 0.15) is 0 Å². The number of carbonyl (C=O) groups is 1. The lowest BCUT2D eigenvalue weighted by Crippen LogP contribution is -2.00. The highest BCUT2D eigenvalue weighted by molar-refractivity contribution is 5.94. The van der Waals surface area contributed by atoms with E-state index in [2.05, 4.69) is 15.8 Å². The fourth-order valence-corrected chi connectivity index (χ4v) is 1.23. The van der Waals surface area contributed by atoms with Gasteiger partial charge in [-0.25, -0.2) is 4.79 Å². The number of nitrogens with one attached hydrogen (secondary N) is 1. The van der Waals surface area contributed by atoms with Crippen molar-refractivity contribution in [3.05, 3.63) is 36.0 Å². The Bertz CT molecular complexity index is 445. The first kappa shape index (κ1) is 7.86. The minimum absolute atomic E-state index is 0.323. The third-order valence-corrected chi connectivity index (χ3v) is 1.90. The maximum Gasteiger partial charge on any atom is 0.337 e. The van der Waals surface area contributed by atoms with Gasteiger partial charge in [0.15, 0.2) is 0 Å². The van der Waals surface area contributed by atoms with Crippen LogP contribution in [0.15, 0.2) is 24.4 Å². The molecule has 0 amide bonds. The number of methoxy groups -OCH3 is 1. The largest absolute Gasteiger partial charge is 0.465 e. The Kier molecular flexibility index (Phi) is 1.77. The number of aromatic nitrogens is 1. The highest BCUT2D eigenvalue weighted by Gasteiger charge is 2.05. The summed E-state index contributed by atoms with van der Waals surface area (Å²) in [5.74, 6) is -0.323. The molecule has 0 atom stereocenters. The second kappa shape index (κ2) is 2.94. The SMILES string of the molecule is COC(=O)c1ccc2[nH]c[c]c2c1. The van der Waals surface area contributed by atoms with E-state index in [-0.39, 0.29) is 5.97 Å². The van der Waals surface area contributed by atoms with E-state index in [0.717, 1.165) is 10.9 Å².